The minimum atomic E-state index is 0.131. The second kappa shape index (κ2) is 3.44. The van der Waals surface area contributed by atoms with E-state index in [4.69, 9.17) is 0 Å². The van der Waals surface area contributed by atoms with Gasteiger partial charge in [0.15, 0.2) is 5.78 Å². The topological polar surface area (TPSA) is 32.9 Å². The van der Waals surface area contributed by atoms with Crippen LogP contribution in [0.15, 0.2) is 4.60 Å². The second-order valence-corrected chi connectivity index (χ2v) is 3.62. The van der Waals surface area contributed by atoms with Crippen molar-refractivity contribution in [2.24, 2.45) is 0 Å². The van der Waals surface area contributed by atoms with Crippen LogP contribution >= 0.6 is 15.9 Å². The summed E-state index contributed by atoms with van der Waals surface area (Å²) in [6.45, 7) is 5.56. The van der Waals surface area contributed by atoms with Crippen molar-refractivity contribution < 1.29 is 4.79 Å². The Hall–Kier alpha value is -0.570. The number of rotatable bonds is 2. The molecule has 0 amide bonds. The van der Waals surface area contributed by atoms with Crippen LogP contribution in [0, 0.1) is 6.92 Å². The number of aryl methyl sites for hydroxylation is 1. The summed E-state index contributed by atoms with van der Waals surface area (Å²) in [5, 5.41) is 0. The molecule has 1 aromatic heterocycles. The number of aromatic nitrogens is 1. The zero-order valence-electron chi connectivity index (χ0n) is 7.49. The molecule has 0 spiro atoms. The normalized spacial score (nSPS) is 10.3. The van der Waals surface area contributed by atoms with E-state index in [0.717, 1.165) is 27.8 Å². The van der Waals surface area contributed by atoms with Crippen molar-refractivity contribution in [1.29, 1.82) is 0 Å². The van der Waals surface area contributed by atoms with Crippen LogP contribution in [0.2, 0.25) is 0 Å². The molecule has 1 N–H and O–H groups in total. The lowest BCUT2D eigenvalue weighted by Gasteiger charge is -1.97. The molecule has 0 bridgehead atoms. The standard InChI is InChI=1S/C9H12BrNO/c1-4-7-8(6(3)12)5(2)11-9(7)10/h11H,4H2,1-3H3. The molecule has 1 heterocycles. The van der Waals surface area contributed by atoms with E-state index in [1.54, 1.807) is 6.92 Å². The van der Waals surface area contributed by atoms with Gasteiger partial charge in [0.1, 0.15) is 0 Å². The molecule has 0 saturated carbocycles. The van der Waals surface area contributed by atoms with Gasteiger partial charge in [0.2, 0.25) is 0 Å². The highest BCUT2D eigenvalue weighted by atomic mass is 79.9. The second-order valence-electron chi connectivity index (χ2n) is 2.83. The van der Waals surface area contributed by atoms with Crippen LogP contribution < -0.4 is 0 Å². The van der Waals surface area contributed by atoms with Crippen LogP contribution in [0.25, 0.3) is 0 Å². The number of Topliss-reactive ketones (excluding diaryl/α,β-unsaturated/α-hetero) is 1. The summed E-state index contributed by atoms with van der Waals surface area (Å²) in [5.74, 6) is 0.131. The minimum Gasteiger partial charge on any atom is -0.353 e. The van der Waals surface area contributed by atoms with Gasteiger partial charge in [-0.05, 0) is 41.8 Å². The highest BCUT2D eigenvalue weighted by Crippen LogP contribution is 2.24. The van der Waals surface area contributed by atoms with Crippen molar-refractivity contribution in [1.82, 2.24) is 4.98 Å². The maximum atomic E-state index is 11.2. The Labute approximate surface area is 80.5 Å². The van der Waals surface area contributed by atoms with Gasteiger partial charge in [-0.15, -0.1) is 0 Å². The average molecular weight is 230 g/mol. The summed E-state index contributed by atoms with van der Waals surface area (Å²) in [7, 11) is 0. The molecular formula is C9H12BrNO. The van der Waals surface area contributed by atoms with Gasteiger partial charge in [-0.2, -0.15) is 0 Å². The number of halogens is 1. The fourth-order valence-corrected chi connectivity index (χ4v) is 2.22. The molecule has 0 unspecified atom stereocenters. The van der Waals surface area contributed by atoms with Crippen LogP contribution in [-0.4, -0.2) is 10.8 Å². The van der Waals surface area contributed by atoms with Crippen molar-refractivity contribution in [3.63, 3.8) is 0 Å². The Morgan fingerprint density at radius 1 is 1.58 bits per heavy atom. The lowest BCUT2D eigenvalue weighted by atomic mass is 10.1. The molecule has 0 aliphatic heterocycles. The molecule has 2 nitrogen and oxygen atoms in total. The summed E-state index contributed by atoms with van der Waals surface area (Å²) in [6, 6.07) is 0. The summed E-state index contributed by atoms with van der Waals surface area (Å²) in [4.78, 5) is 14.3. The van der Waals surface area contributed by atoms with Crippen molar-refractivity contribution in [2.45, 2.75) is 27.2 Å². The number of H-pyrrole nitrogens is 1. The molecular weight excluding hydrogens is 218 g/mol. The Morgan fingerprint density at radius 2 is 2.17 bits per heavy atom. The lowest BCUT2D eigenvalue weighted by Crippen LogP contribution is -1.97. The largest absolute Gasteiger partial charge is 0.353 e. The summed E-state index contributed by atoms with van der Waals surface area (Å²) in [6.07, 6.45) is 0.875. The number of ketones is 1. The van der Waals surface area contributed by atoms with Gasteiger partial charge in [-0.1, -0.05) is 6.92 Å². The SMILES string of the molecule is CCc1c(Br)[nH]c(C)c1C(C)=O. The minimum absolute atomic E-state index is 0.131. The van der Waals surface area contributed by atoms with Crippen molar-refractivity contribution >= 4 is 21.7 Å². The van der Waals surface area contributed by atoms with Gasteiger partial charge < -0.3 is 4.98 Å². The zero-order chi connectivity index (χ0) is 9.30. The smallest absolute Gasteiger partial charge is 0.161 e. The molecule has 0 fully saturated rings. The highest BCUT2D eigenvalue weighted by molar-refractivity contribution is 9.10. The Bertz CT molecular complexity index is 315. The van der Waals surface area contributed by atoms with Gasteiger partial charge in [0, 0.05) is 11.3 Å². The van der Waals surface area contributed by atoms with Crippen molar-refractivity contribution in [3.8, 4) is 0 Å². The van der Waals surface area contributed by atoms with Crippen molar-refractivity contribution in [3.05, 3.63) is 21.4 Å². The molecule has 0 atom stereocenters. The Morgan fingerprint density at radius 3 is 2.50 bits per heavy atom. The first-order valence-corrected chi connectivity index (χ1v) is 4.75. The average Bonchev–Trinajstić information content (AvgIpc) is 2.24. The molecule has 1 rings (SSSR count). The van der Waals surface area contributed by atoms with Gasteiger partial charge in [-0.25, -0.2) is 0 Å². The molecule has 0 aliphatic carbocycles. The summed E-state index contributed by atoms with van der Waals surface area (Å²) >= 11 is 3.39. The first-order chi connectivity index (χ1) is 5.57. The van der Waals surface area contributed by atoms with E-state index in [1.807, 2.05) is 13.8 Å². The zero-order valence-corrected chi connectivity index (χ0v) is 9.08. The molecule has 0 aromatic carbocycles. The maximum Gasteiger partial charge on any atom is 0.161 e. The predicted octanol–water partition coefficient (Wildman–Crippen LogP) is 2.85. The monoisotopic (exact) mass is 229 g/mol. The quantitative estimate of drug-likeness (QED) is 0.778. The lowest BCUT2D eigenvalue weighted by molar-refractivity contribution is 0.101. The van der Waals surface area contributed by atoms with E-state index in [2.05, 4.69) is 20.9 Å². The Kier molecular flexibility index (Phi) is 2.73. The number of hydrogen-bond acceptors (Lipinski definition) is 1. The number of nitrogens with one attached hydrogen (secondary N) is 1. The van der Waals surface area contributed by atoms with Gasteiger partial charge >= 0.3 is 0 Å². The first kappa shape index (κ1) is 9.52. The number of aromatic amines is 1. The van der Waals surface area contributed by atoms with Gasteiger partial charge in [0.25, 0.3) is 0 Å². The van der Waals surface area contributed by atoms with Crippen LogP contribution in [0.5, 0.6) is 0 Å². The molecule has 66 valence electrons. The van der Waals surface area contributed by atoms with E-state index >= 15 is 0 Å². The molecule has 1 aromatic rings. The van der Waals surface area contributed by atoms with Gasteiger partial charge in [-0.3, -0.25) is 4.79 Å². The Balaban J connectivity index is 3.32. The van der Waals surface area contributed by atoms with E-state index in [0.29, 0.717) is 0 Å². The highest BCUT2D eigenvalue weighted by Gasteiger charge is 2.14. The number of hydrogen-bond donors (Lipinski definition) is 1. The maximum absolute atomic E-state index is 11.2. The van der Waals surface area contributed by atoms with Crippen LogP contribution in [0.3, 0.4) is 0 Å². The first-order valence-electron chi connectivity index (χ1n) is 3.95. The predicted molar refractivity (Wildman–Crippen MR) is 52.6 cm³/mol. The van der Waals surface area contributed by atoms with E-state index < -0.39 is 0 Å². The molecule has 12 heavy (non-hydrogen) atoms. The fourth-order valence-electron chi connectivity index (χ4n) is 1.45. The third-order valence-electron chi connectivity index (χ3n) is 1.94. The summed E-state index contributed by atoms with van der Waals surface area (Å²) < 4.78 is 0.938. The number of carbonyl (C=O) groups is 1. The van der Waals surface area contributed by atoms with E-state index in [9.17, 15) is 4.79 Å². The molecule has 0 radical (unpaired) electrons. The van der Waals surface area contributed by atoms with Crippen LogP contribution in [0.1, 0.15) is 35.5 Å². The molecule has 3 heteroatoms. The van der Waals surface area contributed by atoms with Crippen molar-refractivity contribution in [2.75, 3.05) is 0 Å². The fraction of sp³-hybridized carbons (Fsp3) is 0.444. The third kappa shape index (κ3) is 1.46. The van der Waals surface area contributed by atoms with Gasteiger partial charge in [0.05, 0.1) is 4.60 Å². The summed E-state index contributed by atoms with van der Waals surface area (Å²) in [5.41, 5.74) is 2.87. The van der Waals surface area contributed by atoms with Crippen LogP contribution in [0.4, 0.5) is 0 Å². The van der Waals surface area contributed by atoms with Crippen LogP contribution in [-0.2, 0) is 6.42 Å². The molecule has 0 saturated heterocycles. The van der Waals surface area contributed by atoms with E-state index in [1.165, 1.54) is 0 Å². The van der Waals surface area contributed by atoms with E-state index in [-0.39, 0.29) is 5.78 Å². The molecule has 0 aliphatic rings. The number of carbonyl (C=O) groups excluding carboxylic acids is 1. The third-order valence-corrected chi connectivity index (χ3v) is 2.62.